The molecule has 1 aromatic rings. The number of carbonyl (C=O) groups excluding carboxylic acids is 1. The Labute approximate surface area is 162 Å². The lowest BCUT2D eigenvalue weighted by Gasteiger charge is -2.71. The molecule has 2 aliphatic heterocycles. The molecule has 3 aliphatic rings. The number of nitrogens with zero attached hydrogens (tertiary/aromatic N) is 2. The standard InChI is InChI=1S/C22H33N3O2/c1-2-12-23-21(27)24-15-22(16-24)20(18-10-4-3-5-11-18)19(14-26)25(22)13-17-8-6-7-9-17/h3-5,10-11,17,19-20,26H,2,6-9,12-16H2,1H3,(H,23,27)/t19-,20+/m0/s1. The van der Waals surface area contributed by atoms with Crippen LogP contribution in [-0.4, -0.2) is 65.3 Å². The van der Waals surface area contributed by atoms with Gasteiger partial charge in [0, 0.05) is 38.1 Å². The van der Waals surface area contributed by atoms with E-state index in [1.807, 2.05) is 11.0 Å². The van der Waals surface area contributed by atoms with E-state index in [2.05, 4.69) is 41.4 Å². The highest BCUT2D eigenvalue weighted by Gasteiger charge is 2.66. The van der Waals surface area contributed by atoms with Gasteiger partial charge in [0.25, 0.3) is 0 Å². The van der Waals surface area contributed by atoms with Crippen LogP contribution in [0.4, 0.5) is 4.79 Å². The first-order valence-corrected chi connectivity index (χ1v) is 10.6. The summed E-state index contributed by atoms with van der Waals surface area (Å²) in [6.07, 6.45) is 6.24. The molecule has 1 saturated carbocycles. The van der Waals surface area contributed by atoms with Gasteiger partial charge < -0.3 is 15.3 Å². The third kappa shape index (κ3) is 3.25. The number of nitrogens with one attached hydrogen (secondary N) is 1. The van der Waals surface area contributed by atoms with Crippen LogP contribution in [0.2, 0.25) is 0 Å². The van der Waals surface area contributed by atoms with E-state index >= 15 is 0 Å². The SMILES string of the molecule is CCCNC(=O)N1CC2(C1)[C@H](c1ccccc1)[C@H](CO)N2CC1CCCC1. The van der Waals surface area contributed by atoms with E-state index in [9.17, 15) is 9.90 Å². The number of urea groups is 1. The number of likely N-dealkylation sites (tertiary alicyclic amines) is 2. The number of benzene rings is 1. The van der Waals surface area contributed by atoms with E-state index in [1.165, 1.54) is 31.2 Å². The van der Waals surface area contributed by atoms with Crippen molar-refractivity contribution in [2.24, 2.45) is 5.92 Å². The van der Waals surface area contributed by atoms with Crippen LogP contribution in [0.1, 0.15) is 50.5 Å². The Hall–Kier alpha value is -1.59. The van der Waals surface area contributed by atoms with Crippen LogP contribution in [0.5, 0.6) is 0 Å². The summed E-state index contributed by atoms with van der Waals surface area (Å²) in [4.78, 5) is 16.9. The second kappa shape index (κ2) is 7.80. The molecule has 2 N–H and O–H groups in total. The smallest absolute Gasteiger partial charge is 0.317 e. The van der Waals surface area contributed by atoms with Crippen molar-refractivity contribution in [1.82, 2.24) is 15.1 Å². The topological polar surface area (TPSA) is 55.8 Å². The number of aliphatic hydroxyl groups excluding tert-OH is 1. The first-order chi connectivity index (χ1) is 13.2. The van der Waals surface area contributed by atoms with E-state index in [-0.39, 0.29) is 24.2 Å². The van der Waals surface area contributed by atoms with Crippen LogP contribution < -0.4 is 5.32 Å². The van der Waals surface area contributed by atoms with Crippen LogP contribution in [0.25, 0.3) is 0 Å². The minimum Gasteiger partial charge on any atom is -0.395 e. The van der Waals surface area contributed by atoms with Crippen molar-refractivity contribution in [3.63, 3.8) is 0 Å². The van der Waals surface area contributed by atoms with Crippen molar-refractivity contribution in [2.75, 3.05) is 32.8 Å². The number of amides is 2. The third-order valence-corrected chi connectivity index (χ3v) is 6.95. The monoisotopic (exact) mass is 371 g/mol. The van der Waals surface area contributed by atoms with Gasteiger partial charge in [-0.1, -0.05) is 50.1 Å². The van der Waals surface area contributed by atoms with Crippen LogP contribution >= 0.6 is 0 Å². The third-order valence-electron chi connectivity index (χ3n) is 6.95. The van der Waals surface area contributed by atoms with E-state index < -0.39 is 0 Å². The molecule has 5 nitrogen and oxygen atoms in total. The summed E-state index contributed by atoms with van der Waals surface area (Å²) >= 11 is 0. The second-order valence-electron chi connectivity index (χ2n) is 8.63. The Kier molecular flexibility index (Phi) is 5.42. The lowest BCUT2D eigenvalue weighted by atomic mass is 9.60. The molecule has 0 unspecified atom stereocenters. The summed E-state index contributed by atoms with van der Waals surface area (Å²) in [6.45, 7) is 5.60. The molecular weight excluding hydrogens is 338 g/mol. The maximum absolute atomic E-state index is 12.4. The zero-order valence-corrected chi connectivity index (χ0v) is 16.4. The summed E-state index contributed by atoms with van der Waals surface area (Å²) in [6, 6.07) is 10.8. The van der Waals surface area contributed by atoms with Gasteiger partial charge in [0.1, 0.15) is 0 Å². The van der Waals surface area contributed by atoms with E-state index in [0.29, 0.717) is 5.92 Å². The fourth-order valence-corrected chi connectivity index (χ4v) is 5.63. The minimum atomic E-state index is 0.000888. The quantitative estimate of drug-likeness (QED) is 0.808. The molecule has 4 rings (SSSR count). The molecular formula is C22H33N3O2. The molecule has 0 bridgehead atoms. The molecule has 0 aromatic heterocycles. The maximum atomic E-state index is 12.4. The summed E-state index contributed by atoms with van der Waals surface area (Å²) in [5, 5.41) is 13.2. The number of aliphatic hydroxyl groups is 1. The van der Waals surface area contributed by atoms with Gasteiger partial charge in [-0.2, -0.15) is 0 Å². The van der Waals surface area contributed by atoms with Crippen molar-refractivity contribution >= 4 is 6.03 Å². The fourth-order valence-electron chi connectivity index (χ4n) is 5.63. The Morgan fingerprint density at radius 3 is 2.56 bits per heavy atom. The van der Waals surface area contributed by atoms with Crippen LogP contribution in [0.3, 0.4) is 0 Å². The summed E-state index contributed by atoms with van der Waals surface area (Å²) in [5.41, 5.74) is 1.30. The summed E-state index contributed by atoms with van der Waals surface area (Å²) in [7, 11) is 0. The largest absolute Gasteiger partial charge is 0.395 e. The minimum absolute atomic E-state index is 0.000888. The molecule has 2 atom stereocenters. The maximum Gasteiger partial charge on any atom is 0.317 e. The fraction of sp³-hybridized carbons (Fsp3) is 0.682. The van der Waals surface area contributed by atoms with Crippen molar-refractivity contribution in [3.05, 3.63) is 35.9 Å². The Morgan fingerprint density at radius 2 is 1.93 bits per heavy atom. The molecule has 2 saturated heterocycles. The van der Waals surface area contributed by atoms with Crippen molar-refractivity contribution in [3.8, 4) is 0 Å². The predicted octanol–water partition coefficient (Wildman–Crippen LogP) is 2.81. The lowest BCUT2D eigenvalue weighted by molar-refractivity contribution is -0.182. The molecule has 1 spiro atoms. The van der Waals surface area contributed by atoms with Crippen molar-refractivity contribution in [2.45, 2.75) is 56.5 Å². The van der Waals surface area contributed by atoms with Gasteiger partial charge in [-0.3, -0.25) is 4.90 Å². The highest BCUT2D eigenvalue weighted by atomic mass is 16.3. The van der Waals surface area contributed by atoms with Gasteiger partial charge in [-0.15, -0.1) is 0 Å². The zero-order chi connectivity index (χ0) is 18.9. The molecule has 2 amide bonds. The molecule has 1 aliphatic carbocycles. The highest BCUT2D eigenvalue weighted by Crippen LogP contribution is 2.54. The van der Waals surface area contributed by atoms with Crippen LogP contribution in [-0.2, 0) is 0 Å². The Bertz CT molecular complexity index is 638. The van der Waals surface area contributed by atoms with Crippen LogP contribution in [0, 0.1) is 5.92 Å². The Balaban J connectivity index is 1.53. The molecule has 5 heteroatoms. The molecule has 27 heavy (non-hydrogen) atoms. The average molecular weight is 372 g/mol. The first-order valence-electron chi connectivity index (χ1n) is 10.6. The number of carbonyl (C=O) groups is 1. The van der Waals surface area contributed by atoms with Gasteiger partial charge in [-0.25, -0.2) is 4.79 Å². The second-order valence-corrected chi connectivity index (χ2v) is 8.63. The summed E-state index contributed by atoms with van der Waals surface area (Å²) in [5.74, 6) is 1.05. The normalized spacial score (nSPS) is 27.4. The molecule has 0 radical (unpaired) electrons. The van der Waals surface area contributed by atoms with E-state index in [0.717, 1.165) is 38.5 Å². The van der Waals surface area contributed by atoms with Crippen LogP contribution in [0.15, 0.2) is 30.3 Å². The number of hydrogen-bond donors (Lipinski definition) is 2. The molecule has 148 valence electrons. The first kappa shape index (κ1) is 18.8. The molecule has 2 heterocycles. The Morgan fingerprint density at radius 1 is 1.22 bits per heavy atom. The van der Waals surface area contributed by atoms with E-state index in [4.69, 9.17) is 0 Å². The van der Waals surface area contributed by atoms with Gasteiger partial charge in [0.2, 0.25) is 0 Å². The van der Waals surface area contributed by atoms with Gasteiger partial charge in [0.15, 0.2) is 0 Å². The van der Waals surface area contributed by atoms with Crippen molar-refractivity contribution in [1.29, 1.82) is 0 Å². The molecule has 1 aromatic carbocycles. The highest BCUT2D eigenvalue weighted by molar-refractivity contribution is 5.76. The lowest BCUT2D eigenvalue weighted by Crippen LogP contribution is -2.85. The van der Waals surface area contributed by atoms with Gasteiger partial charge in [-0.05, 0) is 30.7 Å². The van der Waals surface area contributed by atoms with Gasteiger partial charge >= 0.3 is 6.03 Å². The number of hydrogen-bond acceptors (Lipinski definition) is 3. The van der Waals surface area contributed by atoms with E-state index in [1.54, 1.807) is 0 Å². The average Bonchev–Trinajstić information content (AvgIpc) is 3.16. The summed E-state index contributed by atoms with van der Waals surface area (Å²) < 4.78 is 0. The zero-order valence-electron chi connectivity index (χ0n) is 16.4. The number of rotatable bonds is 6. The van der Waals surface area contributed by atoms with Crippen molar-refractivity contribution < 1.29 is 9.90 Å². The predicted molar refractivity (Wildman–Crippen MR) is 107 cm³/mol. The van der Waals surface area contributed by atoms with Gasteiger partial charge in [0.05, 0.1) is 12.1 Å². The molecule has 3 fully saturated rings.